The number of thioether (sulfide) groups is 1. The summed E-state index contributed by atoms with van der Waals surface area (Å²) in [6, 6.07) is 11.4. The van der Waals surface area contributed by atoms with E-state index in [1.807, 2.05) is 30.3 Å². The van der Waals surface area contributed by atoms with Crippen molar-refractivity contribution in [3.8, 4) is 0 Å². The third kappa shape index (κ3) is 4.43. The van der Waals surface area contributed by atoms with E-state index >= 15 is 0 Å². The third-order valence-electron chi connectivity index (χ3n) is 3.19. The molecule has 3 aromatic rings. The first-order chi connectivity index (χ1) is 12.1. The zero-order valence-corrected chi connectivity index (χ0v) is 14.6. The van der Waals surface area contributed by atoms with Crippen LogP contribution in [0.25, 0.3) is 0 Å². The fourth-order valence-corrected chi connectivity index (χ4v) is 3.53. The maximum Gasteiger partial charge on any atom is 0.251 e. The second-order valence-electron chi connectivity index (χ2n) is 4.97. The van der Waals surface area contributed by atoms with Gasteiger partial charge < -0.3 is 11.1 Å². The molecular formula is C15H14N6O2S2. The van der Waals surface area contributed by atoms with Gasteiger partial charge in [0.2, 0.25) is 11.1 Å². The number of thiophene rings is 1. The predicted molar refractivity (Wildman–Crippen MR) is 95.6 cm³/mol. The van der Waals surface area contributed by atoms with Gasteiger partial charge in [-0.25, -0.2) is 4.68 Å². The number of hydrogen-bond acceptors (Lipinski definition) is 7. The van der Waals surface area contributed by atoms with Gasteiger partial charge in [-0.1, -0.05) is 42.1 Å². The van der Waals surface area contributed by atoms with Crippen LogP contribution in [0.15, 0.2) is 46.9 Å². The monoisotopic (exact) mass is 374 g/mol. The maximum absolute atomic E-state index is 12.1. The number of anilines is 1. The minimum atomic E-state index is -0.573. The van der Waals surface area contributed by atoms with Crippen molar-refractivity contribution >= 4 is 39.9 Å². The van der Waals surface area contributed by atoms with Crippen molar-refractivity contribution in [2.24, 2.45) is 5.73 Å². The van der Waals surface area contributed by atoms with Crippen LogP contribution in [0.2, 0.25) is 0 Å². The quantitative estimate of drug-likeness (QED) is 0.607. The number of nitrogens with two attached hydrogens (primary N) is 1. The fraction of sp³-hybridized carbons (Fsp3) is 0.133. The highest BCUT2D eigenvalue weighted by molar-refractivity contribution is 7.99. The van der Waals surface area contributed by atoms with Crippen molar-refractivity contribution in [2.75, 3.05) is 11.1 Å². The van der Waals surface area contributed by atoms with E-state index in [4.69, 9.17) is 5.73 Å². The van der Waals surface area contributed by atoms with Gasteiger partial charge in [0.1, 0.15) is 5.00 Å². The standard InChI is InChI=1S/C15H14N6O2S2/c16-13(23)11-6-7-24-14(11)17-12(22)9-25-15-18-19-20-21(15)8-10-4-2-1-3-5-10/h1-7H,8-9H2,(H2,16,23)(H,17,22). The van der Waals surface area contributed by atoms with E-state index in [9.17, 15) is 9.59 Å². The Morgan fingerprint density at radius 3 is 2.80 bits per heavy atom. The Kier molecular flexibility index (Phi) is 5.41. The van der Waals surface area contributed by atoms with Gasteiger partial charge in [-0.15, -0.1) is 16.4 Å². The van der Waals surface area contributed by atoms with E-state index in [0.717, 1.165) is 5.56 Å². The summed E-state index contributed by atoms with van der Waals surface area (Å²) in [5.41, 5.74) is 6.62. The van der Waals surface area contributed by atoms with E-state index in [1.54, 1.807) is 16.1 Å². The highest BCUT2D eigenvalue weighted by atomic mass is 32.2. The molecule has 2 amide bonds. The van der Waals surface area contributed by atoms with Gasteiger partial charge in [-0.05, 0) is 27.4 Å². The average Bonchev–Trinajstić information content (AvgIpc) is 3.23. The number of tetrazole rings is 1. The largest absolute Gasteiger partial charge is 0.366 e. The molecule has 0 unspecified atom stereocenters. The zero-order valence-electron chi connectivity index (χ0n) is 13.0. The van der Waals surface area contributed by atoms with E-state index < -0.39 is 5.91 Å². The lowest BCUT2D eigenvalue weighted by Crippen LogP contribution is -2.18. The Morgan fingerprint density at radius 2 is 2.04 bits per heavy atom. The molecule has 25 heavy (non-hydrogen) atoms. The van der Waals surface area contributed by atoms with Crippen LogP contribution in [-0.2, 0) is 11.3 Å². The lowest BCUT2D eigenvalue weighted by atomic mass is 10.2. The van der Waals surface area contributed by atoms with Crippen LogP contribution in [0.3, 0.4) is 0 Å². The number of benzene rings is 1. The lowest BCUT2D eigenvalue weighted by molar-refractivity contribution is -0.113. The van der Waals surface area contributed by atoms with Gasteiger partial charge in [0.15, 0.2) is 0 Å². The van der Waals surface area contributed by atoms with Gasteiger partial charge in [0.05, 0.1) is 17.9 Å². The molecule has 128 valence electrons. The average molecular weight is 374 g/mol. The molecular weight excluding hydrogens is 360 g/mol. The van der Waals surface area contributed by atoms with Gasteiger partial charge in [-0.3, -0.25) is 9.59 Å². The molecule has 2 aromatic heterocycles. The first kappa shape index (κ1) is 17.1. The molecule has 0 bridgehead atoms. The number of primary amides is 1. The molecule has 0 aliphatic carbocycles. The molecule has 8 nitrogen and oxygen atoms in total. The Bertz CT molecular complexity index is 877. The summed E-state index contributed by atoms with van der Waals surface area (Å²) in [7, 11) is 0. The molecule has 3 rings (SSSR count). The number of carbonyl (C=O) groups is 2. The predicted octanol–water partition coefficient (Wildman–Crippen LogP) is 1.61. The molecule has 0 fully saturated rings. The van der Waals surface area contributed by atoms with Gasteiger partial charge in [0, 0.05) is 0 Å². The van der Waals surface area contributed by atoms with Crippen LogP contribution in [0, 0.1) is 0 Å². The fourth-order valence-electron chi connectivity index (χ4n) is 2.05. The number of nitrogens with zero attached hydrogens (tertiary/aromatic N) is 4. The van der Waals surface area contributed by atoms with Crippen LogP contribution < -0.4 is 11.1 Å². The second-order valence-corrected chi connectivity index (χ2v) is 6.83. The lowest BCUT2D eigenvalue weighted by Gasteiger charge is -2.05. The summed E-state index contributed by atoms with van der Waals surface area (Å²) in [6.45, 7) is 0.522. The van der Waals surface area contributed by atoms with Crippen LogP contribution >= 0.6 is 23.1 Å². The number of rotatable bonds is 7. The van der Waals surface area contributed by atoms with Crippen LogP contribution in [0.4, 0.5) is 5.00 Å². The van der Waals surface area contributed by atoms with Crippen molar-refractivity contribution in [2.45, 2.75) is 11.7 Å². The minimum Gasteiger partial charge on any atom is -0.366 e. The Morgan fingerprint density at radius 1 is 1.24 bits per heavy atom. The smallest absolute Gasteiger partial charge is 0.251 e. The summed E-state index contributed by atoms with van der Waals surface area (Å²) in [5.74, 6) is -0.717. The van der Waals surface area contributed by atoms with Gasteiger partial charge >= 0.3 is 0 Å². The summed E-state index contributed by atoms with van der Waals surface area (Å²) in [4.78, 5) is 23.4. The Balaban J connectivity index is 1.59. The summed E-state index contributed by atoms with van der Waals surface area (Å²) in [6.07, 6.45) is 0. The number of amides is 2. The van der Waals surface area contributed by atoms with Crippen molar-refractivity contribution in [1.82, 2.24) is 20.2 Å². The maximum atomic E-state index is 12.1. The van der Waals surface area contributed by atoms with Crippen molar-refractivity contribution in [1.29, 1.82) is 0 Å². The molecule has 0 saturated heterocycles. The van der Waals surface area contributed by atoms with Crippen molar-refractivity contribution < 1.29 is 9.59 Å². The molecule has 10 heteroatoms. The van der Waals surface area contributed by atoms with Crippen LogP contribution in [0.5, 0.6) is 0 Å². The van der Waals surface area contributed by atoms with E-state index in [1.165, 1.54) is 23.1 Å². The molecule has 0 spiro atoms. The number of hydrogen-bond donors (Lipinski definition) is 2. The molecule has 0 saturated carbocycles. The highest BCUT2D eigenvalue weighted by Crippen LogP contribution is 2.23. The molecule has 2 heterocycles. The van der Waals surface area contributed by atoms with Crippen molar-refractivity contribution in [3.05, 3.63) is 52.9 Å². The van der Waals surface area contributed by atoms with E-state index in [0.29, 0.717) is 22.3 Å². The molecule has 0 aliphatic rings. The van der Waals surface area contributed by atoms with Crippen LogP contribution in [-0.4, -0.2) is 37.8 Å². The van der Waals surface area contributed by atoms with E-state index in [-0.39, 0.29) is 11.7 Å². The van der Waals surface area contributed by atoms with Gasteiger partial charge in [0.25, 0.3) is 5.91 Å². The number of aromatic nitrogens is 4. The topological polar surface area (TPSA) is 116 Å². The summed E-state index contributed by atoms with van der Waals surface area (Å²) in [5, 5.41) is 16.9. The third-order valence-corrected chi connectivity index (χ3v) is 4.98. The van der Waals surface area contributed by atoms with Crippen molar-refractivity contribution in [3.63, 3.8) is 0 Å². The molecule has 1 aromatic carbocycles. The summed E-state index contributed by atoms with van der Waals surface area (Å²) >= 11 is 2.47. The second kappa shape index (κ2) is 7.90. The zero-order chi connectivity index (χ0) is 17.6. The van der Waals surface area contributed by atoms with Crippen LogP contribution in [0.1, 0.15) is 15.9 Å². The van der Waals surface area contributed by atoms with Gasteiger partial charge in [-0.2, -0.15) is 0 Å². The first-order valence-corrected chi connectivity index (χ1v) is 9.10. The first-order valence-electron chi connectivity index (χ1n) is 7.23. The van der Waals surface area contributed by atoms with E-state index in [2.05, 4.69) is 20.8 Å². The minimum absolute atomic E-state index is 0.116. The SMILES string of the molecule is NC(=O)c1ccsc1NC(=O)CSc1nnnn1Cc1ccccc1. The number of nitrogens with one attached hydrogen (secondary N) is 1. The summed E-state index contributed by atoms with van der Waals surface area (Å²) < 4.78 is 1.63. The molecule has 0 aliphatic heterocycles. The number of carbonyl (C=O) groups excluding carboxylic acids is 2. The Hall–Kier alpha value is -2.72. The molecule has 0 atom stereocenters. The molecule has 3 N–H and O–H groups in total. The normalized spacial score (nSPS) is 10.6. The highest BCUT2D eigenvalue weighted by Gasteiger charge is 2.14. The molecule has 0 radical (unpaired) electrons. The Labute approximate surface area is 151 Å².